The van der Waals surface area contributed by atoms with Crippen LogP contribution in [0.5, 0.6) is 0 Å². The monoisotopic (exact) mass is 301 g/mol. The van der Waals surface area contributed by atoms with Gasteiger partial charge in [0.2, 0.25) is 0 Å². The van der Waals surface area contributed by atoms with Crippen LogP contribution in [0.25, 0.3) is 0 Å². The number of hydrogen-bond acceptors (Lipinski definition) is 3. The maximum absolute atomic E-state index is 12.5. The minimum atomic E-state index is -4.33. The Labute approximate surface area is 113 Å². The Balaban J connectivity index is 3.18. The molecule has 0 amide bonds. The van der Waals surface area contributed by atoms with E-state index in [0.29, 0.717) is 5.56 Å². The number of nitrogens with zero attached hydrogens (tertiary/aromatic N) is 3. The highest BCUT2D eigenvalue weighted by molar-refractivity contribution is 6.31. The highest BCUT2D eigenvalue weighted by atomic mass is 35.5. The van der Waals surface area contributed by atoms with E-state index in [1.165, 1.54) is 0 Å². The lowest BCUT2D eigenvalue weighted by Crippen LogP contribution is -2.40. The fourth-order valence-corrected chi connectivity index (χ4v) is 1.95. The van der Waals surface area contributed by atoms with Crippen LogP contribution in [0.3, 0.4) is 0 Å². The fourth-order valence-electron chi connectivity index (χ4n) is 1.44. The number of rotatable bonds is 4. The molecule has 0 fully saturated rings. The first-order valence-corrected chi connectivity index (χ1v) is 6.06. The summed E-state index contributed by atoms with van der Waals surface area (Å²) >= 11 is 11.5. The van der Waals surface area contributed by atoms with Gasteiger partial charge in [0.1, 0.15) is 23.8 Å². The number of halogens is 5. The lowest BCUT2D eigenvalue weighted by atomic mass is 10.2. The maximum atomic E-state index is 12.5. The molecule has 1 rings (SSSR count). The van der Waals surface area contributed by atoms with Crippen LogP contribution in [0, 0.1) is 0 Å². The van der Waals surface area contributed by atoms with E-state index in [1.807, 2.05) is 0 Å². The summed E-state index contributed by atoms with van der Waals surface area (Å²) in [5.41, 5.74) is 0.304. The van der Waals surface area contributed by atoms with Crippen molar-refractivity contribution in [2.24, 2.45) is 0 Å². The Bertz CT molecular complexity index is 410. The van der Waals surface area contributed by atoms with Crippen molar-refractivity contribution in [3.63, 3.8) is 0 Å². The van der Waals surface area contributed by atoms with Gasteiger partial charge < -0.3 is 4.90 Å². The molecule has 1 aromatic heterocycles. The zero-order valence-electron chi connectivity index (χ0n) is 9.80. The summed E-state index contributed by atoms with van der Waals surface area (Å²) in [5.74, 6) is 0.0770. The van der Waals surface area contributed by atoms with Crippen LogP contribution in [0.4, 0.5) is 19.0 Å². The lowest BCUT2D eigenvalue weighted by molar-refractivity contribution is -0.120. The third-order valence-electron chi connectivity index (χ3n) is 2.25. The summed E-state index contributed by atoms with van der Waals surface area (Å²) < 4.78 is 37.6. The van der Waals surface area contributed by atoms with Crippen molar-refractivity contribution in [3.8, 4) is 0 Å². The largest absolute Gasteiger partial charge is 0.405 e. The molecule has 3 nitrogen and oxygen atoms in total. The van der Waals surface area contributed by atoms with E-state index in [-0.39, 0.29) is 22.9 Å². The first-order valence-electron chi connectivity index (χ1n) is 5.15. The molecule has 0 atom stereocenters. The van der Waals surface area contributed by atoms with Crippen LogP contribution in [-0.2, 0) is 5.88 Å². The smallest absolute Gasteiger partial charge is 0.345 e. The second-order valence-electron chi connectivity index (χ2n) is 3.94. The van der Waals surface area contributed by atoms with Crippen molar-refractivity contribution < 1.29 is 13.2 Å². The van der Waals surface area contributed by atoms with Gasteiger partial charge in [-0.1, -0.05) is 11.6 Å². The molecule has 0 aromatic carbocycles. The zero-order valence-corrected chi connectivity index (χ0v) is 11.3. The highest BCUT2D eigenvalue weighted by Crippen LogP contribution is 2.29. The molecular formula is C10H12Cl2F3N3. The summed E-state index contributed by atoms with van der Waals surface area (Å²) in [7, 11) is 0. The molecule has 0 saturated carbocycles. The van der Waals surface area contributed by atoms with Crippen molar-refractivity contribution >= 4 is 29.0 Å². The van der Waals surface area contributed by atoms with Crippen LogP contribution < -0.4 is 4.90 Å². The van der Waals surface area contributed by atoms with E-state index in [9.17, 15) is 13.2 Å². The van der Waals surface area contributed by atoms with E-state index >= 15 is 0 Å². The first-order chi connectivity index (χ1) is 8.26. The van der Waals surface area contributed by atoms with Crippen LogP contribution in [0.2, 0.25) is 5.15 Å². The molecular weight excluding hydrogens is 290 g/mol. The van der Waals surface area contributed by atoms with Gasteiger partial charge in [-0.25, -0.2) is 9.97 Å². The van der Waals surface area contributed by atoms with Crippen molar-refractivity contribution in [1.82, 2.24) is 9.97 Å². The van der Waals surface area contributed by atoms with Crippen molar-refractivity contribution in [2.45, 2.75) is 31.9 Å². The average Bonchev–Trinajstić information content (AvgIpc) is 2.24. The van der Waals surface area contributed by atoms with E-state index < -0.39 is 12.7 Å². The predicted octanol–water partition coefficient (Wildman–Crippen LogP) is 3.65. The third kappa shape index (κ3) is 3.88. The van der Waals surface area contributed by atoms with Gasteiger partial charge in [-0.05, 0) is 13.8 Å². The topological polar surface area (TPSA) is 29.0 Å². The number of aromatic nitrogens is 2. The second-order valence-corrected chi connectivity index (χ2v) is 4.56. The van der Waals surface area contributed by atoms with E-state index in [2.05, 4.69) is 9.97 Å². The van der Waals surface area contributed by atoms with Crippen LogP contribution in [0.1, 0.15) is 19.4 Å². The molecule has 0 spiro atoms. The molecule has 0 N–H and O–H groups in total. The molecule has 0 unspecified atom stereocenters. The Morgan fingerprint density at radius 1 is 1.33 bits per heavy atom. The Hall–Kier alpha value is -0.750. The average molecular weight is 302 g/mol. The molecule has 8 heteroatoms. The van der Waals surface area contributed by atoms with Gasteiger partial charge in [0.25, 0.3) is 0 Å². The lowest BCUT2D eigenvalue weighted by Gasteiger charge is -2.30. The molecule has 0 radical (unpaired) electrons. The molecule has 0 bridgehead atoms. The van der Waals surface area contributed by atoms with E-state index in [1.54, 1.807) is 13.8 Å². The van der Waals surface area contributed by atoms with Gasteiger partial charge in [0, 0.05) is 11.6 Å². The standard InChI is InChI=1S/C10H12Cl2F3N3/c1-6(2)18(4-10(13,14)15)9-7(3-11)8(12)16-5-17-9/h5-6H,3-4H2,1-2H3. The minimum absolute atomic E-state index is 0.0456. The van der Waals surface area contributed by atoms with Gasteiger partial charge in [0.05, 0.1) is 5.88 Å². The van der Waals surface area contributed by atoms with Gasteiger partial charge >= 0.3 is 6.18 Å². The van der Waals surface area contributed by atoms with Crippen molar-refractivity contribution in [3.05, 3.63) is 17.0 Å². The van der Waals surface area contributed by atoms with Gasteiger partial charge in [-0.2, -0.15) is 13.2 Å². The molecule has 0 saturated heterocycles. The molecule has 0 aliphatic carbocycles. The van der Waals surface area contributed by atoms with Crippen LogP contribution >= 0.6 is 23.2 Å². The van der Waals surface area contributed by atoms with Crippen molar-refractivity contribution in [1.29, 1.82) is 0 Å². The normalized spacial score (nSPS) is 12.0. The highest BCUT2D eigenvalue weighted by Gasteiger charge is 2.33. The summed E-state index contributed by atoms with van der Waals surface area (Å²) in [4.78, 5) is 8.68. The Morgan fingerprint density at radius 2 is 1.94 bits per heavy atom. The SMILES string of the molecule is CC(C)N(CC(F)(F)F)c1ncnc(Cl)c1CCl. The summed E-state index contributed by atoms with van der Waals surface area (Å²) in [6.07, 6.45) is -3.20. The summed E-state index contributed by atoms with van der Waals surface area (Å²) in [6.45, 7) is 2.17. The second kappa shape index (κ2) is 5.93. The molecule has 102 valence electrons. The van der Waals surface area contributed by atoms with Gasteiger partial charge in [-0.3, -0.25) is 0 Å². The van der Waals surface area contributed by atoms with Gasteiger partial charge in [-0.15, -0.1) is 11.6 Å². The van der Waals surface area contributed by atoms with Crippen LogP contribution in [-0.4, -0.2) is 28.7 Å². The number of anilines is 1. The zero-order chi connectivity index (χ0) is 13.9. The minimum Gasteiger partial charge on any atom is -0.345 e. The summed E-state index contributed by atoms with van der Waals surface area (Å²) in [5, 5.41) is 0.0721. The Morgan fingerprint density at radius 3 is 2.39 bits per heavy atom. The summed E-state index contributed by atoms with van der Waals surface area (Å²) in [6, 6.07) is -0.389. The molecule has 1 aromatic rings. The fraction of sp³-hybridized carbons (Fsp3) is 0.600. The van der Waals surface area contributed by atoms with Crippen LogP contribution in [0.15, 0.2) is 6.33 Å². The third-order valence-corrected chi connectivity index (χ3v) is 2.84. The van der Waals surface area contributed by atoms with Crippen molar-refractivity contribution in [2.75, 3.05) is 11.4 Å². The van der Waals surface area contributed by atoms with E-state index in [0.717, 1.165) is 11.2 Å². The van der Waals surface area contributed by atoms with Gasteiger partial charge in [0.15, 0.2) is 0 Å². The molecule has 0 aliphatic heterocycles. The predicted molar refractivity (Wildman–Crippen MR) is 65.1 cm³/mol. The number of alkyl halides is 4. The maximum Gasteiger partial charge on any atom is 0.405 e. The molecule has 0 aliphatic rings. The number of hydrogen-bond donors (Lipinski definition) is 0. The quantitative estimate of drug-likeness (QED) is 0.628. The Kier molecular flexibility index (Phi) is 5.04. The molecule has 18 heavy (non-hydrogen) atoms. The molecule has 1 heterocycles. The van der Waals surface area contributed by atoms with E-state index in [4.69, 9.17) is 23.2 Å². The first kappa shape index (κ1) is 15.3.